The van der Waals surface area contributed by atoms with Gasteiger partial charge in [0.25, 0.3) is 0 Å². The number of fused-ring (bicyclic) bond motifs is 3. The Morgan fingerprint density at radius 3 is 2.26 bits per heavy atom. The van der Waals surface area contributed by atoms with E-state index in [1.807, 2.05) is 0 Å². The van der Waals surface area contributed by atoms with Gasteiger partial charge in [-0.1, -0.05) is 31.5 Å². The maximum absolute atomic E-state index is 2.56. The van der Waals surface area contributed by atoms with Gasteiger partial charge in [-0.15, -0.1) is 0 Å². The molecule has 0 aliphatic carbocycles. The van der Waals surface area contributed by atoms with Crippen LogP contribution in [-0.2, 0) is 13.0 Å². The van der Waals surface area contributed by atoms with Crippen LogP contribution in [0, 0.1) is 27.7 Å². The molecule has 1 heterocycles. The van der Waals surface area contributed by atoms with Crippen molar-refractivity contribution in [1.29, 1.82) is 0 Å². The molecule has 0 aliphatic rings. The lowest BCUT2D eigenvalue weighted by Gasteiger charge is -2.16. The van der Waals surface area contributed by atoms with Gasteiger partial charge in [0.1, 0.15) is 0 Å². The van der Waals surface area contributed by atoms with E-state index in [0.29, 0.717) is 0 Å². The molecule has 3 rings (SSSR count). The van der Waals surface area contributed by atoms with E-state index in [0.717, 1.165) is 6.54 Å². The van der Waals surface area contributed by atoms with Gasteiger partial charge in [0, 0.05) is 17.3 Å². The molecule has 1 nitrogen and oxygen atoms in total. The maximum atomic E-state index is 2.56. The Balaban J connectivity index is 2.57. The monoisotopic (exact) mass is 307 g/mol. The molecule has 1 aromatic heterocycles. The quantitative estimate of drug-likeness (QED) is 0.526. The second kappa shape index (κ2) is 6.03. The summed E-state index contributed by atoms with van der Waals surface area (Å²) in [6.45, 7) is 14.8. The van der Waals surface area contributed by atoms with Crippen molar-refractivity contribution in [3.05, 3.63) is 46.0 Å². The van der Waals surface area contributed by atoms with Crippen LogP contribution < -0.4 is 0 Å². The first kappa shape index (κ1) is 16.1. The zero-order valence-corrected chi connectivity index (χ0v) is 15.5. The second-order valence-corrected chi connectivity index (χ2v) is 6.90. The highest BCUT2D eigenvalue weighted by Crippen LogP contribution is 2.38. The Morgan fingerprint density at radius 2 is 1.61 bits per heavy atom. The average molecular weight is 307 g/mol. The number of nitrogens with zero attached hydrogens (tertiary/aromatic N) is 1. The first-order chi connectivity index (χ1) is 11.0. The summed E-state index contributed by atoms with van der Waals surface area (Å²) in [6, 6.07) is 6.76. The molecule has 0 saturated heterocycles. The lowest BCUT2D eigenvalue weighted by molar-refractivity contribution is 0.777. The van der Waals surface area contributed by atoms with Crippen molar-refractivity contribution in [2.75, 3.05) is 0 Å². The van der Waals surface area contributed by atoms with Crippen molar-refractivity contribution < 1.29 is 0 Å². The summed E-state index contributed by atoms with van der Waals surface area (Å²) in [5, 5.41) is 2.92. The summed E-state index contributed by atoms with van der Waals surface area (Å²) in [4.78, 5) is 0. The predicted octanol–water partition coefficient (Wildman–Crippen LogP) is 6.39. The number of rotatable bonds is 4. The van der Waals surface area contributed by atoms with Crippen LogP contribution in [0.3, 0.4) is 0 Å². The first-order valence-corrected chi connectivity index (χ1v) is 9.03. The van der Waals surface area contributed by atoms with Crippen molar-refractivity contribution in [2.24, 2.45) is 0 Å². The fourth-order valence-corrected chi connectivity index (χ4v) is 4.14. The Morgan fingerprint density at radius 1 is 0.870 bits per heavy atom. The molecular weight excluding hydrogens is 278 g/mol. The van der Waals surface area contributed by atoms with Gasteiger partial charge in [-0.2, -0.15) is 0 Å². The molecule has 3 aromatic rings. The highest BCUT2D eigenvalue weighted by molar-refractivity contribution is 6.12. The van der Waals surface area contributed by atoms with Crippen LogP contribution in [0.5, 0.6) is 0 Å². The number of aromatic nitrogens is 1. The molecule has 1 heteroatoms. The van der Waals surface area contributed by atoms with Gasteiger partial charge >= 0.3 is 0 Å². The minimum absolute atomic E-state index is 1.03. The van der Waals surface area contributed by atoms with E-state index in [1.165, 1.54) is 63.3 Å². The fourth-order valence-electron chi connectivity index (χ4n) is 4.14. The Bertz CT molecular complexity index is 880. The predicted molar refractivity (Wildman–Crippen MR) is 103 cm³/mol. The lowest BCUT2D eigenvalue weighted by Crippen LogP contribution is -2.03. The number of hydrogen-bond acceptors (Lipinski definition) is 0. The van der Waals surface area contributed by atoms with Crippen molar-refractivity contribution in [3.63, 3.8) is 0 Å². The van der Waals surface area contributed by atoms with E-state index >= 15 is 0 Å². The Kier molecular flexibility index (Phi) is 4.23. The molecule has 0 saturated carbocycles. The van der Waals surface area contributed by atoms with Gasteiger partial charge in [-0.3, -0.25) is 0 Å². The Hall–Kier alpha value is -1.76. The average Bonchev–Trinajstić information content (AvgIpc) is 2.88. The molecule has 0 N–H and O–H groups in total. The van der Waals surface area contributed by atoms with Crippen LogP contribution >= 0.6 is 0 Å². The molecule has 0 unspecified atom stereocenters. The van der Waals surface area contributed by atoms with Crippen molar-refractivity contribution in [3.8, 4) is 0 Å². The molecule has 0 spiro atoms. The van der Waals surface area contributed by atoms with E-state index < -0.39 is 0 Å². The van der Waals surface area contributed by atoms with Crippen LogP contribution in [0.4, 0.5) is 0 Å². The summed E-state index contributed by atoms with van der Waals surface area (Å²) in [5.41, 5.74) is 10.3. The number of para-hydroxylation sites is 1. The molecule has 0 fully saturated rings. The largest absolute Gasteiger partial charge is 0.340 e. The summed E-state index contributed by atoms with van der Waals surface area (Å²) >= 11 is 0. The maximum Gasteiger partial charge on any atom is 0.0529 e. The normalized spacial score (nSPS) is 11.7. The first-order valence-electron chi connectivity index (χ1n) is 9.03. The number of benzene rings is 2. The Labute approximate surface area is 140 Å². The van der Waals surface area contributed by atoms with Crippen molar-refractivity contribution in [2.45, 2.75) is 67.3 Å². The lowest BCUT2D eigenvalue weighted by atomic mass is 9.91. The van der Waals surface area contributed by atoms with E-state index in [1.54, 1.807) is 5.56 Å². The second-order valence-electron chi connectivity index (χ2n) is 6.90. The fraction of sp³-hybridized carbons (Fsp3) is 0.455. The van der Waals surface area contributed by atoms with Crippen LogP contribution in [0.25, 0.3) is 21.8 Å². The third kappa shape index (κ3) is 2.29. The molecule has 2 aromatic carbocycles. The highest BCUT2D eigenvalue weighted by atomic mass is 15.0. The van der Waals surface area contributed by atoms with E-state index in [-0.39, 0.29) is 0 Å². The molecule has 122 valence electrons. The molecule has 0 atom stereocenters. The van der Waals surface area contributed by atoms with Crippen LogP contribution in [0.2, 0.25) is 0 Å². The molecule has 0 radical (unpaired) electrons. The number of hydrogen-bond donors (Lipinski definition) is 0. The number of aryl methyl sites for hydroxylation is 4. The van der Waals surface area contributed by atoms with Gasteiger partial charge in [-0.25, -0.2) is 0 Å². The topological polar surface area (TPSA) is 4.93 Å². The van der Waals surface area contributed by atoms with Gasteiger partial charge in [0.05, 0.1) is 11.0 Å². The zero-order chi connectivity index (χ0) is 16.7. The molecule has 23 heavy (non-hydrogen) atoms. The minimum atomic E-state index is 1.03. The summed E-state index contributed by atoms with van der Waals surface area (Å²) < 4.78 is 2.56. The minimum Gasteiger partial charge on any atom is -0.340 e. The highest BCUT2D eigenvalue weighted by Gasteiger charge is 2.19. The molecular formula is C22H29N. The third-order valence-electron chi connectivity index (χ3n) is 5.62. The standard InChI is InChI=1S/C22H29N/c1-7-9-12-18-16(5)15(4)17(6)20-19-13-10-11-14(3)21(19)23(8-2)22(18)20/h10-11,13H,7-9,12H2,1-6H3. The van der Waals surface area contributed by atoms with Gasteiger partial charge in [0.15, 0.2) is 0 Å². The smallest absolute Gasteiger partial charge is 0.0529 e. The molecule has 0 bridgehead atoms. The van der Waals surface area contributed by atoms with Crippen LogP contribution in [-0.4, -0.2) is 4.57 Å². The van der Waals surface area contributed by atoms with Crippen molar-refractivity contribution >= 4 is 21.8 Å². The van der Waals surface area contributed by atoms with Crippen molar-refractivity contribution in [1.82, 2.24) is 4.57 Å². The van der Waals surface area contributed by atoms with Crippen LogP contribution in [0.1, 0.15) is 54.5 Å². The van der Waals surface area contributed by atoms with E-state index in [2.05, 4.69) is 64.3 Å². The van der Waals surface area contributed by atoms with E-state index in [9.17, 15) is 0 Å². The van der Waals surface area contributed by atoms with Gasteiger partial charge in [-0.05, 0) is 75.3 Å². The molecule has 0 amide bonds. The van der Waals surface area contributed by atoms with Gasteiger partial charge in [0.2, 0.25) is 0 Å². The summed E-state index contributed by atoms with van der Waals surface area (Å²) in [5.74, 6) is 0. The number of unbranched alkanes of at least 4 members (excludes halogenated alkanes) is 1. The zero-order valence-electron chi connectivity index (χ0n) is 15.5. The van der Waals surface area contributed by atoms with Crippen LogP contribution in [0.15, 0.2) is 18.2 Å². The SMILES string of the molecule is CCCCc1c(C)c(C)c(C)c2c3cccc(C)c3n(CC)c12. The summed E-state index contributed by atoms with van der Waals surface area (Å²) in [7, 11) is 0. The molecule has 0 aliphatic heterocycles. The van der Waals surface area contributed by atoms with Gasteiger partial charge < -0.3 is 4.57 Å². The van der Waals surface area contributed by atoms with E-state index in [4.69, 9.17) is 0 Å². The third-order valence-corrected chi connectivity index (χ3v) is 5.62. The summed E-state index contributed by atoms with van der Waals surface area (Å²) in [6.07, 6.45) is 3.71.